The van der Waals surface area contributed by atoms with Crippen LogP contribution in [0.25, 0.3) is 11.4 Å². The van der Waals surface area contributed by atoms with E-state index in [-0.39, 0.29) is 23.0 Å². The van der Waals surface area contributed by atoms with Crippen molar-refractivity contribution in [1.82, 2.24) is 20.0 Å². The molecule has 2 aromatic heterocycles. The van der Waals surface area contributed by atoms with Gasteiger partial charge >= 0.3 is 12.1 Å². The maximum Gasteiger partial charge on any atom is 0.471 e. The Labute approximate surface area is 164 Å². The van der Waals surface area contributed by atoms with Crippen LogP contribution in [0.4, 0.5) is 13.2 Å². The van der Waals surface area contributed by atoms with Gasteiger partial charge in [-0.2, -0.15) is 18.2 Å². The number of halogens is 3. The fourth-order valence-corrected chi connectivity index (χ4v) is 3.76. The number of likely N-dealkylation sites (tertiary alicyclic amines) is 1. The number of H-pyrrole nitrogens is 1. The molecule has 29 heavy (non-hydrogen) atoms. The van der Waals surface area contributed by atoms with Gasteiger partial charge in [-0.1, -0.05) is 35.5 Å². The SMILES string of the molecule is O=c1[nH]ccc(-c2noc(C(F)(F)F)n2)c1C[C@@H]1CCCN1Cc1ccccc1. The van der Waals surface area contributed by atoms with Crippen molar-refractivity contribution in [2.45, 2.75) is 38.0 Å². The van der Waals surface area contributed by atoms with Crippen molar-refractivity contribution in [3.63, 3.8) is 0 Å². The zero-order valence-electron chi connectivity index (χ0n) is 15.4. The topological polar surface area (TPSA) is 75.0 Å². The van der Waals surface area contributed by atoms with Gasteiger partial charge in [0.1, 0.15) is 0 Å². The van der Waals surface area contributed by atoms with Crippen LogP contribution in [0.5, 0.6) is 0 Å². The summed E-state index contributed by atoms with van der Waals surface area (Å²) in [6.45, 7) is 1.66. The van der Waals surface area contributed by atoms with Crippen LogP contribution < -0.4 is 5.56 Å². The van der Waals surface area contributed by atoms with Crippen LogP contribution >= 0.6 is 0 Å². The van der Waals surface area contributed by atoms with Gasteiger partial charge in [0.2, 0.25) is 5.82 Å². The maximum absolute atomic E-state index is 12.8. The van der Waals surface area contributed by atoms with Crippen LogP contribution in [0, 0.1) is 0 Å². The minimum absolute atomic E-state index is 0.103. The fourth-order valence-electron chi connectivity index (χ4n) is 3.76. The van der Waals surface area contributed by atoms with E-state index in [4.69, 9.17) is 0 Å². The quantitative estimate of drug-likeness (QED) is 0.703. The predicted octanol–water partition coefficient (Wildman–Crippen LogP) is 3.65. The zero-order valence-corrected chi connectivity index (χ0v) is 15.4. The number of hydrogen-bond acceptors (Lipinski definition) is 5. The number of pyridine rings is 1. The molecule has 9 heteroatoms. The molecule has 152 valence electrons. The largest absolute Gasteiger partial charge is 0.471 e. The monoisotopic (exact) mass is 404 g/mol. The van der Waals surface area contributed by atoms with Gasteiger partial charge in [0.15, 0.2) is 0 Å². The lowest BCUT2D eigenvalue weighted by molar-refractivity contribution is -0.159. The van der Waals surface area contributed by atoms with E-state index in [1.54, 1.807) is 0 Å². The fraction of sp³-hybridized carbons (Fsp3) is 0.350. The Bertz CT molecular complexity index is 1030. The number of aromatic nitrogens is 3. The number of hydrogen-bond donors (Lipinski definition) is 1. The summed E-state index contributed by atoms with van der Waals surface area (Å²) in [6.07, 6.45) is -1.06. The molecule has 1 N–H and O–H groups in total. The number of rotatable bonds is 5. The second-order valence-electron chi connectivity index (χ2n) is 7.08. The standard InChI is InChI=1S/C20H19F3N4O2/c21-20(22,23)19-25-17(26-29-19)15-8-9-24-18(28)16(15)11-14-7-4-10-27(14)12-13-5-2-1-3-6-13/h1-3,5-6,8-9,14H,4,7,10-12H2,(H,24,28)/t14-/m0/s1. The van der Waals surface area contributed by atoms with Crippen molar-refractivity contribution < 1.29 is 17.7 Å². The summed E-state index contributed by atoms with van der Waals surface area (Å²) >= 11 is 0. The third kappa shape index (κ3) is 4.24. The van der Waals surface area contributed by atoms with Gasteiger partial charge in [0.25, 0.3) is 5.56 Å². The second kappa shape index (κ2) is 7.82. The van der Waals surface area contributed by atoms with Gasteiger partial charge in [-0.3, -0.25) is 9.69 Å². The Morgan fingerprint density at radius 1 is 1.21 bits per heavy atom. The normalized spacial score (nSPS) is 17.7. The van der Waals surface area contributed by atoms with E-state index in [1.165, 1.54) is 17.8 Å². The molecule has 0 saturated carbocycles. The summed E-state index contributed by atoms with van der Waals surface area (Å²) in [5, 5.41) is 3.44. The summed E-state index contributed by atoms with van der Waals surface area (Å²) < 4.78 is 42.8. The van der Waals surface area contributed by atoms with Gasteiger partial charge in [-0.15, -0.1) is 0 Å². The van der Waals surface area contributed by atoms with Crippen LogP contribution in [0.2, 0.25) is 0 Å². The highest BCUT2D eigenvalue weighted by atomic mass is 19.4. The number of nitrogens with zero attached hydrogens (tertiary/aromatic N) is 3. The van der Waals surface area contributed by atoms with Gasteiger partial charge in [-0.05, 0) is 37.4 Å². The van der Waals surface area contributed by atoms with Gasteiger partial charge in [0, 0.05) is 29.9 Å². The van der Waals surface area contributed by atoms with Gasteiger partial charge in [0.05, 0.1) is 0 Å². The van der Waals surface area contributed by atoms with E-state index in [1.807, 2.05) is 30.3 Å². The van der Waals surface area contributed by atoms with Gasteiger partial charge in [-0.25, -0.2) is 0 Å². The van der Waals surface area contributed by atoms with Crippen molar-refractivity contribution >= 4 is 0 Å². The molecule has 6 nitrogen and oxygen atoms in total. The Morgan fingerprint density at radius 3 is 2.72 bits per heavy atom. The minimum Gasteiger partial charge on any atom is -0.329 e. The van der Waals surface area contributed by atoms with E-state index >= 15 is 0 Å². The molecule has 1 aromatic carbocycles. The molecule has 3 aromatic rings. The van der Waals surface area contributed by atoms with Crippen molar-refractivity contribution in [2.75, 3.05) is 6.54 Å². The minimum atomic E-state index is -4.73. The summed E-state index contributed by atoms with van der Waals surface area (Å²) in [5.74, 6) is -1.66. The molecular formula is C20H19F3N4O2. The third-order valence-electron chi connectivity index (χ3n) is 5.14. The van der Waals surface area contributed by atoms with Crippen molar-refractivity contribution in [3.05, 3.63) is 70.0 Å². The molecule has 0 radical (unpaired) electrons. The van der Waals surface area contributed by atoms with E-state index in [0.717, 1.165) is 25.9 Å². The number of benzene rings is 1. The molecule has 0 bridgehead atoms. The lowest BCUT2D eigenvalue weighted by atomic mass is 10.00. The van der Waals surface area contributed by atoms with Crippen LogP contribution in [0.3, 0.4) is 0 Å². The van der Waals surface area contributed by atoms with Crippen LogP contribution in [-0.2, 0) is 19.1 Å². The number of alkyl halides is 3. The van der Waals surface area contributed by atoms with E-state index in [0.29, 0.717) is 12.0 Å². The van der Waals surface area contributed by atoms with E-state index < -0.39 is 12.1 Å². The first kappa shape index (κ1) is 19.4. The summed E-state index contributed by atoms with van der Waals surface area (Å²) in [5.41, 5.74) is 1.45. The first-order valence-corrected chi connectivity index (χ1v) is 9.31. The highest BCUT2D eigenvalue weighted by Gasteiger charge is 2.39. The Morgan fingerprint density at radius 2 is 2.00 bits per heavy atom. The van der Waals surface area contributed by atoms with Crippen molar-refractivity contribution in [2.24, 2.45) is 0 Å². The molecule has 1 atom stereocenters. The molecule has 1 fully saturated rings. The van der Waals surface area contributed by atoms with Crippen molar-refractivity contribution in [3.8, 4) is 11.4 Å². The highest BCUT2D eigenvalue weighted by Crippen LogP contribution is 2.31. The molecule has 0 unspecified atom stereocenters. The first-order valence-electron chi connectivity index (χ1n) is 9.31. The molecule has 4 rings (SSSR count). The van der Waals surface area contributed by atoms with Gasteiger partial charge < -0.3 is 9.51 Å². The molecule has 1 aliphatic heterocycles. The average Bonchev–Trinajstić information content (AvgIpc) is 3.34. The lowest BCUT2D eigenvalue weighted by Gasteiger charge is -2.25. The molecule has 1 saturated heterocycles. The van der Waals surface area contributed by atoms with Crippen LogP contribution in [0.15, 0.2) is 51.9 Å². The van der Waals surface area contributed by atoms with Crippen molar-refractivity contribution in [1.29, 1.82) is 0 Å². The summed E-state index contributed by atoms with van der Waals surface area (Å²) in [4.78, 5) is 20.8. The van der Waals surface area contributed by atoms with Crippen LogP contribution in [-0.4, -0.2) is 32.6 Å². The number of nitrogens with one attached hydrogen (secondary N) is 1. The Kier molecular flexibility index (Phi) is 5.23. The third-order valence-corrected chi connectivity index (χ3v) is 5.14. The molecular weight excluding hydrogens is 385 g/mol. The Hall–Kier alpha value is -2.94. The summed E-state index contributed by atoms with van der Waals surface area (Å²) in [7, 11) is 0. The lowest BCUT2D eigenvalue weighted by Crippen LogP contribution is -2.32. The summed E-state index contributed by atoms with van der Waals surface area (Å²) in [6, 6.07) is 11.6. The smallest absolute Gasteiger partial charge is 0.329 e. The second-order valence-corrected chi connectivity index (χ2v) is 7.08. The maximum atomic E-state index is 12.8. The van der Waals surface area contributed by atoms with Crippen LogP contribution in [0.1, 0.15) is 29.9 Å². The highest BCUT2D eigenvalue weighted by molar-refractivity contribution is 5.58. The van der Waals surface area contributed by atoms with E-state index in [9.17, 15) is 18.0 Å². The molecule has 1 aliphatic rings. The van der Waals surface area contributed by atoms with E-state index in [2.05, 4.69) is 24.5 Å². The predicted molar refractivity (Wildman–Crippen MR) is 98.9 cm³/mol. The first-order chi connectivity index (χ1) is 13.9. The zero-order chi connectivity index (χ0) is 20.4. The molecule has 0 amide bonds. The number of aromatic amines is 1. The molecule has 3 heterocycles. The average molecular weight is 404 g/mol. The Balaban J connectivity index is 1.60. The molecule has 0 spiro atoms. The molecule has 0 aliphatic carbocycles.